The van der Waals surface area contributed by atoms with Crippen molar-refractivity contribution in [3.8, 4) is 0 Å². The van der Waals surface area contributed by atoms with Crippen molar-refractivity contribution >= 4 is 22.6 Å². The molecular weight excluding hydrogens is 366 g/mol. The topological polar surface area (TPSA) is 93.3 Å². The van der Waals surface area contributed by atoms with E-state index in [1.54, 1.807) is 6.20 Å². The first-order valence-corrected chi connectivity index (χ1v) is 10.8. The maximum Gasteiger partial charge on any atom is 0.255 e. The second-order valence-electron chi connectivity index (χ2n) is 9.71. The number of nitrogens with zero attached hydrogens (tertiary/aromatic N) is 2. The monoisotopic (exact) mass is 397 g/mol. The molecule has 4 aliphatic rings. The number of fused-ring (bicyclic) bond motifs is 1. The molecule has 7 nitrogen and oxygen atoms in total. The smallest absolute Gasteiger partial charge is 0.255 e. The van der Waals surface area contributed by atoms with Crippen LogP contribution in [0.15, 0.2) is 18.5 Å². The van der Waals surface area contributed by atoms with Crippen LogP contribution in [-0.4, -0.2) is 64.7 Å². The Hall–Kier alpha value is -2.12. The third-order valence-corrected chi connectivity index (χ3v) is 7.23. The Balaban J connectivity index is 1.43. The highest BCUT2D eigenvalue weighted by Crippen LogP contribution is 2.56. The molecular formula is C22H31N5O2. The van der Waals surface area contributed by atoms with Gasteiger partial charge in [-0.05, 0) is 70.0 Å². The molecule has 4 saturated carbocycles. The van der Waals surface area contributed by atoms with Gasteiger partial charge in [0, 0.05) is 36.9 Å². The standard InChI is InChI=1S/C22H31N5O2/c1-27(2)6-5-24-21(28)17-12-25-20-16(3-4-23-20)19(17)26-18-14-7-13-8-15(18)11-22(29,9-13)10-14/h3-4,12-15,18,29H,5-11H2,1-2H3,(H,24,28)(H2,23,25,26). The minimum atomic E-state index is -0.456. The van der Waals surface area contributed by atoms with Crippen molar-refractivity contribution in [2.24, 2.45) is 17.8 Å². The molecule has 4 N–H and O–H groups in total. The number of carbonyl (C=O) groups is 1. The highest BCUT2D eigenvalue weighted by molar-refractivity contribution is 6.06. The number of aliphatic hydroxyl groups is 1. The number of hydrogen-bond acceptors (Lipinski definition) is 5. The molecule has 0 saturated heterocycles. The summed E-state index contributed by atoms with van der Waals surface area (Å²) in [6.07, 6.45) is 8.65. The van der Waals surface area contributed by atoms with Crippen molar-refractivity contribution in [1.29, 1.82) is 0 Å². The number of aromatic amines is 1. The Morgan fingerprint density at radius 3 is 2.76 bits per heavy atom. The molecule has 4 aliphatic carbocycles. The van der Waals surface area contributed by atoms with Gasteiger partial charge in [0.15, 0.2) is 0 Å². The summed E-state index contributed by atoms with van der Waals surface area (Å²) in [5.74, 6) is 1.51. The van der Waals surface area contributed by atoms with E-state index < -0.39 is 5.60 Å². The first-order valence-electron chi connectivity index (χ1n) is 10.8. The third-order valence-electron chi connectivity index (χ3n) is 7.23. The fourth-order valence-corrected chi connectivity index (χ4v) is 6.21. The maximum atomic E-state index is 13.0. The second-order valence-corrected chi connectivity index (χ2v) is 9.71. The number of anilines is 1. The summed E-state index contributed by atoms with van der Waals surface area (Å²) in [5.41, 5.74) is 1.81. The molecule has 6 rings (SSSR count). The lowest BCUT2D eigenvalue weighted by molar-refractivity contribution is -0.129. The number of hydrogen-bond donors (Lipinski definition) is 4. The molecule has 2 aromatic heterocycles. The summed E-state index contributed by atoms with van der Waals surface area (Å²) in [6, 6.07) is 2.30. The molecule has 1 amide bonds. The third kappa shape index (κ3) is 3.40. The van der Waals surface area contributed by atoms with Gasteiger partial charge in [-0.25, -0.2) is 4.98 Å². The molecule has 2 atom stereocenters. The zero-order valence-corrected chi connectivity index (χ0v) is 17.2. The molecule has 0 aliphatic heterocycles. The van der Waals surface area contributed by atoms with E-state index in [2.05, 4.69) is 20.6 Å². The number of nitrogens with one attached hydrogen (secondary N) is 3. The van der Waals surface area contributed by atoms with Crippen LogP contribution in [0.4, 0.5) is 5.69 Å². The number of carbonyl (C=O) groups excluding carboxylic acids is 1. The average Bonchev–Trinajstić information content (AvgIpc) is 3.12. The van der Waals surface area contributed by atoms with Gasteiger partial charge in [0.05, 0.1) is 16.9 Å². The van der Waals surface area contributed by atoms with Crippen LogP contribution in [0.1, 0.15) is 42.5 Å². The molecule has 0 spiro atoms. The zero-order chi connectivity index (χ0) is 20.2. The lowest BCUT2D eigenvalue weighted by Crippen LogP contribution is -2.59. The van der Waals surface area contributed by atoms with Crippen molar-refractivity contribution < 1.29 is 9.90 Å². The van der Waals surface area contributed by atoms with E-state index in [1.165, 1.54) is 12.8 Å². The van der Waals surface area contributed by atoms with Crippen LogP contribution in [0.2, 0.25) is 0 Å². The highest BCUT2D eigenvalue weighted by Gasteiger charge is 2.54. The van der Waals surface area contributed by atoms with E-state index in [9.17, 15) is 9.90 Å². The molecule has 2 aromatic rings. The van der Waals surface area contributed by atoms with Crippen LogP contribution in [0.5, 0.6) is 0 Å². The fourth-order valence-electron chi connectivity index (χ4n) is 6.21. The molecule has 7 heteroatoms. The van der Waals surface area contributed by atoms with Crippen molar-refractivity contribution in [1.82, 2.24) is 20.2 Å². The SMILES string of the molecule is CN(C)CCNC(=O)c1cnc2[nH]ccc2c1NC1C2CC3CC1CC(O)(C3)C2. The van der Waals surface area contributed by atoms with Gasteiger partial charge in [-0.1, -0.05) is 0 Å². The molecule has 2 unspecified atom stereocenters. The van der Waals surface area contributed by atoms with E-state index in [4.69, 9.17) is 0 Å². The summed E-state index contributed by atoms with van der Waals surface area (Å²) in [4.78, 5) is 22.6. The van der Waals surface area contributed by atoms with Crippen molar-refractivity contribution in [3.05, 3.63) is 24.0 Å². The van der Waals surface area contributed by atoms with Crippen LogP contribution in [0, 0.1) is 17.8 Å². The first-order chi connectivity index (χ1) is 13.9. The van der Waals surface area contributed by atoms with E-state index >= 15 is 0 Å². The number of amides is 1. The van der Waals surface area contributed by atoms with Crippen LogP contribution in [0.3, 0.4) is 0 Å². The van der Waals surface area contributed by atoms with Gasteiger partial charge in [-0.2, -0.15) is 0 Å². The number of H-pyrrole nitrogens is 1. The lowest BCUT2D eigenvalue weighted by atomic mass is 9.52. The molecule has 29 heavy (non-hydrogen) atoms. The Labute approximate surface area is 171 Å². The van der Waals surface area contributed by atoms with Gasteiger partial charge < -0.3 is 25.6 Å². The van der Waals surface area contributed by atoms with Crippen molar-refractivity contribution in [3.63, 3.8) is 0 Å². The Kier molecular flexibility index (Phi) is 4.55. The van der Waals surface area contributed by atoms with Gasteiger partial charge in [0.25, 0.3) is 5.91 Å². The maximum absolute atomic E-state index is 13.0. The van der Waals surface area contributed by atoms with Gasteiger partial charge in [-0.3, -0.25) is 4.79 Å². The summed E-state index contributed by atoms with van der Waals surface area (Å²) in [6.45, 7) is 1.39. The molecule has 4 fully saturated rings. The second kappa shape index (κ2) is 6.99. The predicted molar refractivity (Wildman–Crippen MR) is 113 cm³/mol. The Morgan fingerprint density at radius 2 is 2.07 bits per heavy atom. The summed E-state index contributed by atoms with van der Waals surface area (Å²) < 4.78 is 0. The van der Waals surface area contributed by atoms with Crippen LogP contribution in [-0.2, 0) is 0 Å². The zero-order valence-electron chi connectivity index (χ0n) is 17.2. The average molecular weight is 398 g/mol. The molecule has 4 bridgehead atoms. The lowest BCUT2D eigenvalue weighted by Gasteiger charge is -2.58. The van der Waals surface area contributed by atoms with Crippen molar-refractivity contribution in [2.75, 3.05) is 32.5 Å². The number of likely N-dealkylation sites (N-methyl/N-ethyl adjacent to an activating group) is 1. The highest BCUT2D eigenvalue weighted by atomic mass is 16.3. The molecule has 0 radical (unpaired) electrons. The van der Waals surface area contributed by atoms with Crippen LogP contribution < -0.4 is 10.6 Å². The van der Waals surface area contributed by atoms with Gasteiger partial charge in [0.1, 0.15) is 5.65 Å². The quantitative estimate of drug-likeness (QED) is 0.600. The summed E-state index contributed by atoms with van der Waals surface area (Å²) in [7, 11) is 3.99. The van der Waals surface area contributed by atoms with Crippen LogP contribution in [0.25, 0.3) is 11.0 Å². The number of pyridine rings is 1. The van der Waals surface area contributed by atoms with Crippen LogP contribution >= 0.6 is 0 Å². The van der Waals surface area contributed by atoms with Gasteiger partial charge in [-0.15, -0.1) is 0 Å². The largest absolute Gasteiger partial charge is 0.390 e. The van der Waals surface area contributed by atoms with E-state index in [0.29, 0.717) is 35.9 Å². The fraction of sp³-hybridized carbons (Fsp3) is 0.636. The van der Waals surface area contributed by atoms with Gasteiger partial charge >= 0.3 is 0 Å². The summed E-state index contributed by atoms with van der Waals surface area (Å²) >= 11 is 0. The minimum Gasteiger partial charge on any atom is -0.390 e. The number of aromatic nitrogens is 2. The number of rotatable bonds is 6. The molecule has 2 heterocycles. The normalized spacial score (nSPS) is 32.8. The van der Waals surface area contributed by atoms with E-state index in [-0.39, 0.29) is 5.91 Å². The first kappa shape index (κ1) is 18.9. The Bertz CT molecular complexity index is 907. The predicted octanol–water partition coefficient (Wildman–Crippen LogP) is 2.21. The van der Waals surface area contributed by atoms with E-state index in [1.807, 2.05) is 31.3 Å². The summed E-state index contributed by atoms with van der Waals surface area (Å²) in [5, 5.41) is 18.7. The van der Waals surface area contributed by atoms with Gasteiger partial charge in [0.2, 0.25) is 0 Å². The minimum absolute atomic E-state index is 0.0904. The molecule has 156 valence electrons. The molecule has 0 aromatic carbocycles. The Morgan fingerprint density at radius 1 is 1.31 bits per heavy atom. The van der Waals surface area contributed by atoms with E-state index in [0.717, 1.165) is 42.5 Å². The van der Waals surface area contributed by atoms with Crippen molar-refractivity contribution in [2.45, 2.75) is 43.7 Å².